The van der Waals surface area contributed by atoms with Gasteiger partial charge in [-0.2, -0.15) is 0 Å². The second-order valence-corrected chi connectivity index (χ2v) is 5.07. The molecule has 4 atom stereocenters. The van der Waals surface area contributed by atoms with E-state index < -0.39 is 0 Å². The summed E-state index contributed by atoms with van der Waals surface area (Å²) in [4.78, 5) is 11.7. The summed E-state index contributed by atoms with van der Waals surface area (Å²) in [5.41, 5.74) is 0.525. The summed E-state index contributed by atoms with van der Waals surface area (Å²) in [5.74, 6) is 1.86. The Hall–Kier alpha value is -0.330. The van der Waals surface area contributed by atoms with Crippen molar-refractivity contribution in [2.75, 3.05) is 0 Å². The molecule has 0 aromatic rings. The molecule has 0 aliphatic heterocycles. The van der Waals surface area contributed by atoms with Gasteiger partial charge < -0.3 is 0 Å². The minimum absolute atomic E-state index is 0.0995. The molecule has 4 aliphatic carbocycles. The van der Waals surface area contributed by atoms with Gasteiger partial charge in [0.05, 0.1) is 0 Å². The van der Waals surface area contributed by atoms with E-state index in [0.29, 0.717) is 17.1 Å². The van der Waals surface area contributed by atoms with Gasteiger partial charge in [0.2, 0.25) is 0 Å². The summed E-state index contributed by atoms with van der Waals surface area (Å²) in [6.07, 6.45) is 3.69. The van der Waals surface area contributed by atoms with Crippen molar-refractivity contribution in [3.05, 3.63) is 0 Å². The molecule has 0 aromatic carbocycles. The van der Waals surface area contributed by atoms with Gasteiger partial charge in [0.25, 0.3) is 0 Å². The molecule has 0 radical (unpaired) electrons. The molecule has 0 heterocycles. The smallest absolute Gasteiger partial charge is 0.142 e. The molecule has 0 spiro atoms. The van der Waals surface area contributed by atoms with Gasteiger partial charge in [0.15, 0.2) is 0 Å². The first kappa shape index (κ1) is 6.22. The number of carbonyl (C=O) groups excluding carboxylic acids is 1. The minimum Gasteiger partial charge on any atom is -0.299 e. The van der Waals surface area contributed by atoms with E-state index >= 15 is 0 Å². The fraction of sp³-hybridized carbons (Fsp3) is 0.900. The Morgan fingerprint density at radius 2 is 2.18 bits per heavy atom. The van der Waals surface area contributed by atoms with E-state index in [9.17, 15) is 4.79 Å². The van der Waals surface area contributed by atoms with Crippen LogP contribution in [0.1, 0.15) is 33.1 Å². The lowest BCUT2D eigenvalue weighted by molar-refractivity contribution is -0.128. The molecule has 4 saturated carbocycles. The Morgan fingerprint density at radius 1 is 1.45 bits per heavy atom. The van der Waals surface area contributed by atoms with Crippen molar-refractivity contribution >= 4 is 5.78 Å². The largest absolute Gasteiger partial charge is 0.299 e. The average Bonchev–Trinajstić information content (AvgIpc) is 2.27. The summed E-state index contributed by atoms with van der Waals surface area (Å²) in [6.45, 7) is 4.52. The fourth-order valence-corrected chi connectivity index (χ4v) is 4.01. The molecule has 4 rings (SSSR count). The molecule has 0 unspecified atom stereocenters. The monoisotopic (exact) mass is 150 g/mol. The van der Waals surface area contributed by atoms with Crippen molar-refractivity contribution in [3.63, 3.8) is 0 Å². The molecule has 4 fully saturated rings. The summed E-state index contributed by atoms with van der Waals surface area (Å²) in [5, 5.41) is 0. The zero-order chi connectivity index (χ0) is 7.85. The van der Waals surface area contributed by atoms with E-state index in [1.807, 2.05) is 0 Å². The van der Waals surface area contributed by atoms with E-state index in [-0.39, 0.29) is 5.41 Å². The average molecular weight is 150 g/mol. The zero-order valence-corrected chi connectivity index (χ0v) is 7.18. The first-order chi connectivity index (χ1) is 5.09. The Morgan fingerprint density at radius 3 is 2.55 bits per heavy atom. The van der Waals surface area contributed by atoms with Gasteiger partial charge in [0, 0.05) is 11.3 Å². The van der Waals surface area contributed by atoms with Crippen molar-refractivity contribution in [1.82, 2.24) is 0 Å². The van der Waals surface area contributed by atoms with Crippen LogP contribution in [0.25, 0.3) is 0 Å². The maximum atomic E-state index is 11.7. The van der Waals surface area contributed by atoms with Gasteiger partial charge in [-0.15, -0.1) is 0 Å². The first-order valence-corrected chi connectivity index (χ1v) is 4.64. The normalized spacial score (nSPS) is 65.1. The predicted octanol–water partition coefficient (Wildman–Crippen LogP) is 2.01. The quantitative estimate of drug-likeness (QED) is 0.516. The maximum Gasteiger partial charge on any atom is 0.142 e. The van der Waals surface area contributed by atoms with Gasteiger partial charge in [0.1, 0.15) is 5.78 Å². The standard InChI is InChI=1S/C10H14O/c1-9-4-3-7-6(8(9)11)5-10(7,9)2/h6-7H,3-5H2,1-2H3/t6-,7-,9-,10+/m0/s1. The summed E-state index contributed by atoms with van der Waals surface area (Å²) in [6, 6.07) is 0. The van der Waals surface area contributed by atoms with Crippen LogP contribution in [0, 0.1) is 22.7 Å². The number of ketones is 1. The summed E-state index contributed by atoms with van der Waals surface area (Å²) in [7, 11) is 0. The van der Waals surface area contributed by atoms with Gasteiger partial charge >= 0.3 is 0 Å². The van der Waals surface area contributed by atoms with Crippen molar-refractivity contribution in [1.29, 1.82) is 0 Å². The highest BCUT2D eigenvalue weighted by atomic mass is 16.1. The fourth-order valence-electron chi connectivity index (χ4n) is 4.01. The summed E-state index contributed by atoms with van der Waals surface area (Å²) < 4.78 is 0. The van der Waals surface area contributed by atoms with Gasteiger partial charge in [-0.1, -0.05) is 13.8 Å². The number of carbonyl (C=O) groups is 1. The van der Waals surface area contributed by atoms with Crippen LogP contribution in [0.3, 0.4) is 0 Å². The second kappa shape index (κ2) is 1.30. The third-order valence-electron chi connectivity index (χ3n) is 5.04. The van der Waals surface area contributed by atoms with Gasteiger partial charge in [-0.05, 0) is 30.6 Å². The van der Waals surface area contributed by atoms with Gasteiger partial charge in [-0.3, -0.25) is 4.79 Å². The molecular weight excluding hydrogens is 136 g/mol. The summed E-state index contributed by atoms with van der Waals surface area (Å²) >= 11 is 0. The molecule has 11 heavy (non-hydrogen) atoms. The topological polar surface area (TPSA) is 17.1 Å². The zero-order valence-electron chi connectivity index (χ0n) is 7.18. The molecule has 0 amide bonds. The molecule has 60 valence electrons. The van der Waals surface area contributed by atoms with Crippen LogP contribution >= 0.6 is 0 Å². The molecule has 0 saturated heterocycles. The predicted molar refractivity (Wildman–Crippen MR) is 42.1 cm³/mol. The van der Waals surface area contributed by atoms with Crippen LogP contribution in [0.2, 0.25) is 0 Å². The molecule has 0 aromatic heterocycles. The van der Waals surface area contributed by atoms with Crippen molar-refractivity contribution in [2.45, 2.75) is 33.1 Å². The van der Waals surface area contributed by atoms with Crippen LogP contribution in [0.4, 0.5) is 0 Å². The minimum atomic E-state index is 0.0995. The molecule has 4 bridgehead atoms. The van der Waals surface area contributed by atoms with E-state index in [1.165, 1.54) is 19.3 Å². The second-order valence-electron chi connectivity index (χ2n) is 5.07. The number of Topliss-reactive ketones (excluding diaryl/α,β-unsaturated/α-hetero) is 1. The number of rotatable bonds is 0. The number of hydrogen-bond donors (Lipinski definition) is 0. The lowest BCUT2D eigenvalue weighted by Gasteiger charge is -2.43. The molecule has 0 N–H and O–H groups in total. The molecule has 4 aliphatic rings. The number of hydrogen-bond acceptors (Lipinski definition) is 1. The van der Waals surface area contributed by atoms with Crippen LogP contribution in [0.5, 0.6) is 0 Å². The van der Waals surface area contributed by atoms with E-state index in [0.717, 1.165) is 5.92 Å². The highest BCUT2D eigenvalue weighted by molar-refractivity contribution is 5.94. The van der Waals surface area contributed by atoms with E-state index in [1.54, 1.807) is 0 Å². The Kier molecular flexibility index (Phi) is 0.733. The van der Waals surface area contributed by atoms with Crippen molar-refractivity contribution in [2.24, 2.45) is 22.7 Å². The third-order valence-corrected chi connectivity index (χ3v) is 5.04. The van der Waals surface area contributed by atoms with Crippen LogP contribution in [0.15, 0.2) is 0 Å². The van der Waals surface area contributed by atoms with Gasteiger partial charge in [-0.25, -0.2) is 0 Å². The lowest BCUT2D eigenvalue weighted by atomic mass is 9.60. The third kappa shape index (κ3) is 0.361. The first-order valence-electron chi connectivity index (χ1n) is 4.64. The highest BCUT2D eigenvalue weighted by Crippen LogP contribution is 2.76. The highest BCUT2D eigenvalue weighted by Gasteiger charge is 2.75. The van der Waals surface area contributed by atoms with E-state index in [2.05, 4.69) is 13.8 Å². The SMILES string of the molecule is C[C@@]12CC[C@H]3[C@H](C[C@]31C)C2=O. The maximum absolute atomic E-state index is 11.7. The van der Waals surface area contributed by atoms with E-state index in [4.69, 9.17) is 0 Å². The molecule has 1 nitrogen and oxygen atoms in total. The van der Waals surface area contributed by atoms with Crippen molar-refractivity contribution in [3.8, 4) is 0 Å². The van der Waals surface area contributed by atoms with Crippen LogP contribution in [-0.4, -0.2) is 5.78 Å². The Labute approximate surface area is 67.2 Å². The molecular formula is C10H14O. The van der Waals surface area contributed by atoms with Crippen LogP contribution < -0.4 is 0 Å². The Bertz CT molecular complexity index is 258. The Balaban J connectivity index is 2.22. The molecule has 1 heteroatoms. The van der Waals surface area contributed by atoms with Crippen molar-refractivity contribution < 1.29 is 4.79 Å². The van der Waals surface area contributed by atoms with Crippen LogP contribution in [-0.2, 0) is 4.79 Å². The lowest BCUT2D eigenvalue weighted by Crippen LogP contribution is -2.38.